The van der Waals surface area contributed by atoms with E-state index >= 15 is 0 Å². The number of amides is 2. The van der Waals surface area contributed by atoms with Crippen LogP contribution in [0.5, 0.6) is 5.75 Å². The van der Waals surface area contributed by atoms with Gasteiger partial charge in [0.05, 0.1) is 19.8 Å². The molecule has 2 aromatic carbocycles. The van der Waals surface area contributed by atoms with Crippen LogP contribution in [0.3, 0.4) is 0 Å². The third-order valence-corrected chi connectivity index (χ3v) is 22.3. The zero-order valence-corrected chi connectivity index (χ0v) is 43.9. The molecule has 0 radical (unpaired) electrons. The summed E-state index contributed by atoms with van der Waals surface area (Å²) in [5.74, 6) is -1.87. The van der Waals surface area contributed by atoms with E-state index in [0.717, 1.165) is 10.1 Å². The number of benzene rings is 2. The van der Waals surface area contributed by atoms with Gasteiger partial charge in [0.2, 0.25) is 5.91 Å². The second-order valence-electron chi connectivity index (χ2n) is 20.8. The average molecular weight is 986 g/mol. The van der Waals surface area contributed by atoms with E-state index in [2.05, 4.69) is 36.7 Å². The van der Waals surface area contributed by atoms with Crippen molar-refractivity contribution in [2.45, 2.75) is 160 Å². The summed E-state index contributed by atoms with van der Waals surface area (Å²) < 4.78 is 33.8. The third-order valence-electron chi connectivity index (χ3n) is 13.3. The monoisotopic (exact) mass is 985 g/mol. The summed E-state index contributed by atoms with van der Waals surface area (Å²) in [6.07, 6.45) is -7.18. The van der Waals surface area contributed by atoms with Crippen LogP contribution in [0.1, 0.15) is 79.2 Å². The van der Waals surface area contributed by atoms with Crippen LogP contribution >= 0.6 is 0 Å². The number of nitrogens with one attached hydrogen (secondary N) is 3. The van der Waals surface area contributed by atoms with Crippen LogP contribution in [0, 0.1) is 5.92 Å². The van der Waals surface area contributed by atoms with Crippen molar-refractivity contribution < 1.29 is 52.8 Å². The molecular weight excluding hydrogens is 911 g/mol. The maximum absolute atomic E-state index is 14.5. The molecule has 8 atom stereocenters. The summed E-state index contributed by atoms with van der Waals surface area (Å²) in [5.41, 5.74) is 0.141. The molecule has 1 aromatic heterocycles. The molecule has 1 fully saturated rings. The Morgan fingerprint density at radius 1 is 0.809 bits per heavy atom. The zero-order chi connectivity index (χ0) is 50.9. The van der Waals surface area contributed by atoms with Gasteiger partial charge in [-0.05, 0) is 78.4 Å². The lowest BCUT2D eigenvalue weighted by molar-refractivity contribution is -0.149. The van der Waals surface area contributed by atoms with Crippen LogP contribution in [-0.2, 0) is 41.1 Å². The summed E-state index contributed by atoms with van der Waals surface area (Å²) in [5, 5.41) is 41.1. The summed E-state index contributed by atoms with van der Waals surface area (Å²) in [4.78, 5) is 66.9. The molecule has 3 aromatic rings. The van der Waals surface area contributed by atoms with E-state index in [-0.39, 0.29) is 42.7 Å². The molecule has 2 amide bonds. The first-order valence-corrected chi connectivity index (χ1v) is 28.9. The molecule has 0 spiro atoms. The van der Waals surface area contributed by atoms with Crippen LogP contribution < -0.4 is 31.9 Å². The molecule has 68 heavy (non-hydrogen) atoms. The number of alkyl carbamates (subject to hydrolysis) is 1. The van der Waals surface area contributed by atoms with E-state index in [1.54, 1.807) is 62.4 Å². The molecule has 2 heterocycles. The van der Waals surface area contributed by atoms with Gasteiger partial charge in [0.15, 0.2) is 22.9 Å². The molecule has 1 saturated heterocycles. The van der Waals surface area contributed by atoms with Crippen molar-refractivity contribution in [3.8, 4) is 5.75 Å². The number of methoxy groups -OCH3 is 1. The van der Waals surface area contributed by atoms with Gasteiger partial charge in [-0.2, -0.15) is 0 Å². The van der Waals surface area contributed by atoms with E-state index in [0.29, 0.717) is 11.3 Å². The lowest BCUT2D eigenvalue weighted by atomic mass is 9.99. The molecular formula is C48H75N5O13Si2. The van der Waals surface area contributed by atoms with Gasteiger partial charge >= 0.3 is 17.8 Å². The van der Waals surface area contributed by atoms with Gasteiger partial charge in [0.25, 0.3) is 5.56 Å². The number of hydrogen-bond donors (Lipinski definition) is 6. The highest BCUT2D eigenvalue weighted by molar-refractivity contribution is 6.74. The van der Waals surface area contributed by atoms with Gasteiger partial charge in [0.1, 0.15) is 48.9 Å². The standard InChI is InChI=1S/C48H75N5O13Si2/c1-30(2)37(55)35(51-45(60)63-29-32-18-15-14-16-19-32)42(57)50-26-17-25-49-36(44(58)59)38(56)39-40(65-67(10,11)47(3,4)5)41(66-68(12,13)48(6,7)8)43(64-39)52-27-24-34(54)53(46(52)61)28-31-20-22-33(62-9)23-21-31/h14-16,18-24,27,30,35-41,43,49,55-56H,17,25-26,28-29H2,1-13H3,(H,50,57)(H,51,60)(H,58,59)/t35-,36+,37+,38?,39+,40-,41-,43-/m1/s1. The largest absolute Gasteiger partial charge is 0.497 e. The van der Waals surface area contributed by atoms with Crippen molar-refractivity contribution in [1.29, 1.82) is 0 Å². The molecule has 20 heteroatoms. The van der Waals surface area contributed by atoms with E-state index < -0.39 is 101 Å². The minimum Gasteiger partial charge on any atom is -0.497 e. The predicted molar refractivity (Wildman–Crippen MR) is 263 cm³/mol. The van der Waals surface area contributed by atoms with Crippen molar-refractivity contribution in [1.82, 2.24) is 25.1 Å². The van der Waals surface area contributed by atoms with Crippen molar-refractivity contribution in [3.63, 3.8) is 0 Å². The molecule has 0 aliphatic carbocycles. The van der Waals surface area contributed by atoms with Crippen molar-refractivity contribution >= 4 is 34.6 Å². The smallest absolute Gasteiger partial charge is 0.408 e. The number of aliphatic carboxylic acids is 1. The molecule has 4 rings (SSSR count). The van der Waals surface area contributed by atoms with Gasteiger partial charge in [-0.1, -0.05) is 97.9 Å². The number of carbonyl (C=O) groups is 3. The Bertz CT molecular complexity index is 2260. The predicted octanol–water partition coefficient (Wildman–Crippen LogP) is 4.97. The number of carboxylic acid groups (broad SMARTS) is 1. The molecule has 18 nitrogen and oxygen atoms in total. The number of carbonyl (C=O) groups excluding carboxylic acids is 2. The molecule has 378 valence electrons. The third kappa shape index (κ3) is 14.2. The Labute approximate surface area is 401 Å². The lowest BCUT2D eigenvalue weighted by Crippen LogP contribution is -2.59. The number of hydrogen-bond acceptors (Lipinski definition) is 13. The highest BCUT2D eigenvalue weighted by Gasteiger charge is 2.57. The molecule has 0 saturated carbocycles. The van der Waals surface area contributed by atoms with Gasteiger partial charge in [-0.25, -0.2) is 9.59 Å². The number of aromatic nitrogens is 2. The van der Waals surface area contributed by atoms with Crippen LogP contribution in [0.15, 0.2) is 76.4 Å². The molecule has 0 bridgehead atoms. The second kappa shape index (κ2) is 23.3. The lowest BCUT2D eigenvalue weighted by Gasteiger charge is -2.44. The van der Waals surface area contributed by atoms with E-state index in [9.17, 15) is 39.3 Å². The summed E-state index contributed by atoms with van der Waals surface area (Å²) >= 11 is 0. The highest BCUT2D eigenvalue weighted by Crippen LogP contribution is 2.46. The van der Waals surface area contributed by atoms with Crippen LogP contribution in [0.25, 0.3) is 0 Å². The number of carboxylic acids is 1. The fourth-order valence-corrected chi connectivity index (χ4v) is 9.62. The van der Waals surface area contributed by atoms with Gasteiger partial charge in [-0.3, -0.25) is 23.5 Å². The fourth-order valence-electron chi connectivity index (χ4n) is 7.04. The Kier molecular flexibility index (Phi) is 19.1. The Morgan fingerprint density at radius 3 is 1.94 bits per heavy atom. The van der Waals surface area contributed by atoms with Crippen molar-refractivity contribution in [3.05, 3.63) is 98.8 Å². The maximum atomic E-state index is 14.5. The molecule has 6 N–H and O–H groups in total. The topological polar surface area (TPSA) is 238 Å². The van der Waals surface area contributed by atoms with Gasteiger partial charge in [-0.15, -0.1) is 0 Å². The molecule has 1 aliphatic rings. The quantitative estimate of drug-likeness (QED) is 0.0577. The first-order chi connectivity index (χ1) is 31.6. The van der Waals surface area contributed by atoms with Crippen LogP contribution in [0.4, 0.5) is 4.79 Å². The fraction of sp³-hybridized carbons (Fsp3) is 0.604. The number of ether oxygens (including phenoxy) is 3. The van der Waals surface area contributed by atoms with Gasteiger partial charge < -0.3 is 54.3 Å². The second-order valence-corrected chi connectivity index (χ2v) is 30.3. The van der Waals surface area contributed by atoms with Crippen LogP contribution in [-0.4, -0.2) is 122 Å². The number of nitrogens with zero attached hydrogens (tertiary/aromatic N) is 2. The maximum Gasteiger partial charge on any atom is 0.408 e. The minimum atomic E-state index is -2.78. The van der Waals surface area contributed by atoms with E-state index in [1.165, 1.54) is 23.9 Å². The summed E-state index contributed by atoms with van der Waals surface area (Å²) in [7, 11) is -4.00. The van der Waals surface area contributed by atoms with Crippen molar-refractivity contribution in [2.24, 2.45) is 5.92 Å². The number of aliphatic hydroxyl groups is 2. The number of rotatable bonds is 22. The molecule has 1 aliphatic heterocycles. The van der Waals surface area contributed by atoms with E-state index in [4.69, 9.17) is 23.1 Å². The summed E-state index contributed by atoms with van der Waals surface area (Å²) in [6, 6.07) is 14.2. The van der Waals surface area contributed by atoms with Gasteiger partial charge in [0, 0.05) is 18.8 Å². The first kappa shape index (κ1) is 55.9. The summed E-state index contributed by atoms with van der Waals surface area (Å²) in [6.45, 7) is 23.7. The Balaban J connectivity index is 1.62. The Hall–Kier alpha value is -4.68. The van der Waals surface area contributed by atoms with Crippen LogP contribution in [0.2, 0.25) is 36.3 Å². The highest BCUT2D eigenvalue weighted by atomic mass is 28.4. The first-order valence-electron chi connectivity index (χ1n) is 23.1. The Morgan fingerprint density at radius 2 is 1.40 bits per heavy atom. The SMILES string of the molecule is COc1ccc(Cn2c(=O)ccn([C@@H]3O[C@@H](C(O)[C@H](NCCCNC(=O)[C@H](NC(=O)OCc4ccccc4)[C@@H](O)C(C)C)C(=O)O)[C@@H](O[Si](C)(C)C(C)(C)C)[C@H]3O[Si](C)(C)C(C)(C)C)c2=O)cc1. The zero-order valence-electron chi connectivity index (χ0n) is 41.9. The number of aliphatic hydroxyl groups excluding tert-OH is 2. The minimum absolute atomic E-state index is 0.00696. The molecule has 1 unspecified atom stereocenters. The van der Waals surface area contributed by atoms with Crippen molar-refractivity contribution in [2.75, 3.05) is 20.2 Å². The van der Waals surface area contributed by atoms with E-state index in [1.807, 2.05) is 53.0 Å². The average Bonchev–Trinajstić information content (AvgIpc) is 3.59. The normalized spacial score (nSPS) is 19.8.